The lowest BCUT2D eigenvalue weighted by molar-refractivity contribution is 0.122. The van der Waals surface area contributed by atoms with Crippen LogP contribution in [0.5, 0.6) is 17.2 Å². The Morgan fingerprint density at radius 3 is 1.96 bits per heavy atom. The lowest BCUT2D eigenvalue weighted by atomic mass is 9.71. The molecule has 0 saturated carbocycles. The van der Waals surface area contributed by atoms with Crippen LogP contribution >= 0.6 is 0 Å². The molecule has 5 aromatic rings. The number of benzene rings is 5. The summed E-state index contributed by atoms with van der Waals surface area (Å²) >= 11 is 0. The van der Waals surface area contributed by atoms with E-state index in [-0.39, 0.29) is 5.41 Å². The van der Waals surface area contributed by atoms with Crippen molar-refractivity contribution in [3.63, 3.8) is 0 Å². The number of anilines is 2. The molecule has 2 heterocycles. The van der Waals surface area contributed by atoms with Gasteiger partial charge in [-0.05, 0) is 95.8 Å². The van der Waals surface area contributed by atoms with Crippen LogP contribution < -0.4 is 24.0 Å². The van der Waals surface area contributed by atoms with Gasteiger partial charge in [0.1, 0.15) is 5.75 Å². The normalized spacial score (nSPS) is 18.1. The Bertz CT molecular complexity index is 2160. The van der Waals surface area contributed by atoms with Gasteiger partial charge in [-0.15, -0.1) is 0 Å². The largest absolute Gasteiger partial charge is 0.493 e. The lowest BCUT2D eigenvalue weighted by Crippen LogP contribution is -2.37. The number of ether oxygens (including phenoxy) is 4. The Morgan fingerprint density at radius 1 is 0.741 bits per heavy atom. The third kappa shape index (κ3) is 5.64. The minimum absolute atomic E-state index is 0.158. The van der Waals surface area contributed by atoms with Crippen molar-refractivity contribution in [1.29, 1.82) is 0 Å². The van der Waals surface area contributed by atoms with Crippen LogP contribution in [0.25, 0.3) is 28.0 Å². The fourth-order valence-electron chi connectivity index (χ4n) is 9.53. The smallest absolute Gasteiger partial charge is 0.178 e. The standard InChI is InChI=1S/C48H54N2O4/c1-7-25-49(26-8-2)35-19-15-33(16-20-35)48(34-17-21-36(22-18-34)50-27-29-53-30-28-50)24-23-38-45-44(37-13-11-12-14-41(37)47(45,9-3)10-4)39-31-42(51-5)43(52-6)32-40(39)46(38)54-48/h11-24,31-32H,7-10,25-30H2,1-6H3. The Labute approximate surface area is 321 Å². The first-order valence-electron chi connectivity index (χ1n) is 20.0. The Kier molecular flexibility index (Phi) is 9.82. The highest BCUT2D eigenvalue weighted by Crippen LogP contribution is 2.61. The molecule has 6 heteroatoms. The molecule has 0 aromatic heterocycles. The maximum absolute atomic E-state index is 7.73. The fourth-order valence-corrected chi connectivity index (χ4v) is 9.53. The van der Waals surface area contributed by atoms with Gasteiger partial charge in [-0.1, -0.05) is 82.3 Å². The molecule has 2 aliphatic heterocycles. The number of nitrogens with zero attached hydrogens (tertiary/aromatic N) is 2. The average molecular weight is 723 g/mol. The Hall–Kier alpha value is -4.94. The zero-order valence-corrected chi connectivity index (χ0v) is 32.8. The van der Waals surface area contributed by atoms with Gasteiger partial charge < -0.3 is 28.7 Å². The summed E-state index contributed by atoms with van der Waals surface area (Å²) in [6.07, 6.45) is 8.86. The molecule has 1 atom stereocenters. The topological polar surface area (TPSA) is 43.4 Å². The van der Waals surface area contributed by atoms with Crippen LogP contribution in [-0.2, 0) is 15.8 Å². The summed E-state index contributed by atoms with van der Waals surface area (Å²) in [7, 11) is 3.43. The third-order valence-electron chi connectivity index (χ3n) is 12.3. The van der Waals surface area contributed by atoms with Gasteiger partial charge in [0.15, 0.2) is 17.1 Å². The highest BCUT2D eigenvalue weighted by Gasteiger charge is 2.47. The summed E-state index contributed by atoms with van der Waals surface area (Å²) in [5, 5.41) is 2.14. The molecule has 3 aliphatic rings. The van der Waals surface area contributed by atoms with E-state index in [9.17, 15) is 0 Å². The molecule has 0 spiro atoms. The summed E-state index contributed by atoms with van der Waals surface area (Å²) in [6.45, 7) is 14.5. The van der Waals surface area contributed by atoms with Crippen molar-refractivity contribution < 1.29 is 18.9 Å². The second-order valence-corrected chi connectivity index (χ2v) is 14.9. The Morgan fingerprint density at radius 2 is 1.35 bits per heavy atom. The summed E-state index contributed by atoms with van der Waals surface area (Å²) in [6, 6.07) is 31.4. The molecule has 6 nitrogen and oxygen atoms in total. The van der Waals surface area contributed by atoms with E-state index in [0.717, 1.165) is 98.3 Å². The monoisotopic (exact) mass is 722 g/mol. The van der Waals surface area contributed by atoms with Gasteiger partial charge in [0.25, 0.3) is 0 Å². The molecule has 8 rings (SSSR count). The van der Waals surface area contributed by atoms with E-state index < -0.39 is 5.60 Å². The number of morpholine rings is 1. The van der Waals surface area contributed by atoms with Gasteiger partial charge in [0.2, 0.25) is 0 Å². The lowest BCUT2D eigenvalue weighted by Gasteiger charge is -2.40. The second kappa shape index (κ2) is 14.7. The van der Waals surface area contributed by atoms with Crippen molar-refractivity contribution in [2.24, 2.45) is 0 Å². The van der Waals surface area contributed by atoms with E-state index in [1.54, 1.807) is 14.2 Å². The van der Waals surface area contributed by atoms with E-state index in [1.165, 1.54) is 33.6 Å². The molecule has 54 heavy (non-hydrogen) atoms. The van der Waals surface area contributed by atoms with Gasteiger partial charge in [-0.3, -0.25) is 0 Å². The number of methoxy groups -OCH3 is 2. The first kappa shape index (κ1) is 36.1. The van der Waals surface area contributed by atoms with Gasteiger partial charge in [0, 0.05) is 65.0 Å². The SMILES string of the molecule is CCCN(CCC)c1ccc(C2(c3ccc(N4CCOCC4)cc3)C=Cc3c4c(c5cc(OC)c(OC)cc5c3O2)-c2ccccc2C4(CC)CC)cc1. The highest BCUT2D eigenvalue weighted by atomic mass is 16.5. The molecule has 1 aliphatic carbocycles. The van der Waals surface area contributed by atoms with Crippen molar-refractivity contribution in [2.45, 2.75) is 64.4 Å². The maximum Gasteiger partial charge on any atom is 0.178 e. The summed E-state index contributed by atoms with van der Waals surface area (Å²) in [5.41, 5.74) is 10.0. The van der Waals surface area contributed by atoms with Crippen molar-refractivity contribution in [3.05, 3.63) is 119 Å². The van der Waals surface area contributed by atoms with Gasteiger partial charge in [-0.25, -0.2) is 0 Å². The van der Waals surface area contributed by atoms with Gasteiger partial charge in [0.05, 0.1) is 27.4 Å². The van der Waals surface area contributed by atoms with Crippen LogP contribution in [0.2, 0.25) is 0 Å². The van der Waals surface area contributed by atoms with Gasteiger partial charge >= 0.3 is 0 Å². The maximum atomic E-state index is 7.73. The van der Waals surface area contributed by atoms with Crippen molar-refractivity contribution in [3.8, 4) is 28.4 Å². The van der Waals surface area contributed by atoms with E-state index >= 15 is 0 Å². The summed E-state index contributed by atoms with van der Waals surface area (Å²) in [4.78, 5) is 4.89. The zero-order chi connectivity index (χ0) is 37.5. The first-order chi connectivity index (χ1) is 26.5. The minimum atomic E-state index is -0.879. The predicted molar refractivity (Wildman–Crippen MR) is 223 cm³/mol. The molecule has 1 fully saturated rings. The highest BCUT2D eigenvalue weighted by molar-refractivity contribution is 6.09. The average Bonchev–Trinajstić information content (AvgIpc) is 3.54. The van der Waals surface area contributed by atoms with Crippen molar-refractivity contribution >= 4 is 28.2 Å². The van der Waals surface area contributed by atoms with Crippen molar-refractivity contribution in [2.75, 3.05) is 63.4 Å². The second-order valence-electron chi connectivity index (χ2n) is 14.9. The molecule has 0 N–H and O–H groups in total. The molecule has 1 saturated heterocycles. The quantitative estimate of drug-likeness (QED) is 0.128. The van der Waals surface area contributed by atoms with Crippen LogP contribution in [0.3, 0.4) is 0 Å². The molecule has 0 bridgehead atoms. The first-order valence-corrected chi connectivity index (χ1v) is 20.0. The molecule has 5 aromatic carbocycles. The third-order valence-corrected chi connectivity index (χ3v) is 12.3. The molecule has 280 valence electrons. The fraction of sp³-hybridized carbons (Fsp3) is 0.375. The van der Waals surface area contributed by atoms with E-state index in [0.29, 0.717) is 11.5 Å². The van der Waals surface area contributed by atoms with Crippen LogP contribution in [0.4, 0.5) is 11.4 Å². The summed E-state index contributed by atoms with van der Waals surface area (Å²) in [5.74, 6) is 2.28. The van der Waals surface area contributed by atoms with Crippen LogP contribution in [0, 0.1) is 0 Å². The molecule has 0 radical (unpaired) electrons. The molecule has 1 unspecified atom stereocenters. The van der Waals surface area contributed by atoms with E-state index in [4.69, 9.17) is 18.9 Å². The van der Waals surface area contributed by atoms with Crippen molar-refractivity contribution in [1.82, 2.24) is 0 Å². The molecular formula is C48H54N2O4. The minimum Gasteiger partial charge on any atom is -0.493 e. The predicted octanol–water partition coefficient (Wildman–Crippen LogP) is 10.8. The van der Waals surface area contributed by atoms with Crippen LogP contribution in [-0.4, -0.2) is 53.6 Å². The Balaban J connectivity index is 1.38. The zero-order valence-electron chi connectivity index (χ0n) is 32.8. The van der Waals surface area contributed by atoms with Crippen LogP contribution in [0.1, 0.15) is 81.2 Å². The van der Waals surface area contributed by atoms with Crippen LogP contribution in [0.15, 0.2) is 91.0 Å². The number of fused-ring (bicyclic) bond motifs is 8. The summed E-state index contributed by atoms with van der Waals surface area (Å²) < 4.78 is 25.3. The number of hydrogen-bond donors (Lipinski definition) is 0. The molecular weight excluding hydrogens is 669 g/mol. The molecule has 0 amide bonds. The van der Waals surface area contributed by atoms with E-state index in [1.807, 2.05) is 0 Å². The van der Waals surface area contributed by atoms with E-state index in [2.05, 4.69) is 135 Å². The number of rotatable bonds is 12. The number of hydrogen-bond acceptors (Lipinski definition) is 6. The van der Waals surface area contributed by atoms with Gasteiger partial charge in [-0.2, -0.15) is 0 Å².